The van der Waals surface area contributed by atoms with E-state index in [1.54, 1.807) is 12.3 Å². The van der Waals surface area contributed by atoms with Crippen LogP contribution in [0.3, 0.4) is 0 Å². The molecule has 4 atom stereocenters. The number of nitrogens with one attached hydrogen (secondary N) is 2. The van der Waals surface area contributed by atoms with Crippen molar-refractivity contribution in [2.24, 2.45) is 0 Å². The molecule has 5 rings (SSSR count). The monoisotopic (exact) mass is 806 g/mol. The highest BCUT2D eigenvalue weighted by Crippen LogP contribution is 2.53. The lowest BCUT2D eigenvalue weighted by molar-refractivity contribution is -0.0902. The molecule has 1 heterocycles. The first-order valence-electron chi connectivity index (χ1n) is 18.4. The number of benzene rings is 2. The number of urea groups is 1. The fraction of sp³-hybridized carbons (Fsp3) is 0.526. The molecule has 2 saturated carbocycles. The summed E-state index contributed by atoms with van der Waals surface area (Å²) in [6, 6.07) is 12.4. The molecule has 0 aliphatic heterocycles. The van der Waals surface area contributed by atoms with Crippen LogP contribution < -0.4 is 15.4 Å². The number of unbranched alkanes of at least 4 members (excludes halogenated alkanes) is 1. The predicted molar refractivity (Wildman–Crippen MR) is 203 cm³/mol. The molecule has 3 aromatic rings. The van der Waals surface area contributed by atoms with Gasteiger partial charge in [-0.25, -0.2) is 13.2 Å². The molecule has 0 spiro atoms. The number of aliphatic hydroxyl groups is 5. The Balaban J connectivity index is 1.20. The van der Waals surface area contributed by atoms with E-state index in [0.29, 0.717) is 23.4 Å². The smallest absolute Gasteiger partial charge is 0.315 e. The summed E-state index contributed by atoms with van der Waals surface area (Å²) in [7, 11) is -2.53. The summed E-state index contributed by atoms with van der Waals surface area (Å²) in [6.45, 7) is -1.03. The van der Waals surface area contributed by atoms with Crippen molar-refractivity contribution >= 4 is 27.7 Å². The second kappa shape index (κ2) is 19.6. The molecule has 0 saturated heterocycles. The lowest BCUT2D eigenvalue weighted by atomic mass is 9.96. The quantitative estimate of drug-likeness (QED) is 0.0687. The summed E-state index contributed by atoms with van der Waals surface area (Å²) < 4.78 is 47.2. The number of carbonyl (C=O) groups is 1. The van der Waals surface area contributed by atoms with E-state index < -0.39 is 59.2 Å². The van der Waals surface area contributed by atoms with Gasteiger partial charge in [-0.1, -0.05) is 29.8 Å². The molecule has 0 bridgehead atoms. The highest BCUT2D eigenvalue weighted by Gasteiger charge is 2.48. The zero-order valence-corrected chi connectivity index (χ0v) is 32.3. The van der Waals surface area contributed by atoms with E-state index in [-0.39, 0.29) is 43.8 Å². The van der Waals surface area contributed by atoms with Gasteiger partial charge in [0.25, 0.3) is 0 Å². The van der Waals surface area contributed by atoms with Crippen molar-refractivity contribution in [1.82, 2.24) is 19.9 Å². The summed E-state index contributed by atoms with van der Waals surface area (Å²) >= 11 is 6.61. The number of ether oxygens (including phenoxy) is 3. The number of sulfonamides is 1. The number of para-hydroxylation sites is 1. The number of amides is 2. The second-order valence-electron chi connectivity index (χ2n) is 13.8. The Morgan fingerprint density at radius 2 is 1.78 bits per heavy atom. The van der Waals surface area contributed by atoms with Gasteiger partial charge >= 0.3 is 6.03 Å². The maximum absolute atomic E-state index is 14.0. The van der Waals surface area contributed by atoms with Crippen LogP contribution in [0.4, 0.5) is 4.79 Å². The van der Waals surface area contributed by atoms with E-state index in [1.807, 2.05) is 36.5 Å². The minimum atomic E-state index is -4.01. The van der Waals surface area contributed by atoms with Gasteiger partial charge in [0, 0.05) is 55.3 Å². The lowest BCUT2D eigenvalue weighted by Crippen LogP contribution is -2.56. The second-order valence-corrected chi connectivity index (χ2v) is 16.1. The van der Waals surface area contributed by atoms with Crippen molar-refractivity contribution < 1.29 is 53.0 Å². The number of aromatic nitrogens is 1. The molecular weight excluding hydrogens is 756 g/mol. The Kier molecular flexibility index (Phi) is 15.2. The van der Waals surface area contributed by atoms with Crippen LogP contribution in [0.1, 0.15) is 49.7 Å². The Morgan fingerprint density at radius 3 is 2.47 bits per heavy atom. The first-order chi connectivity index (χ1) is 26.4. The molecule has 2 aliphatic carbocycles. The highest BCUT2D eigenvalue weighted by atomic mass is 35.5. The van der Waals surface area contributed by atoms with Crippen molar-refractivity contribution in [3.05, 3.63) is 77.1 Å². The van der Waals surface area contributed by atoms with Gasteiger partial charge in [-0.3, -0.25) is 4.98 Å². The number of carbonyl (C=O) groups excluding carboxylic acids is 1. The molecule has 2 aliphatic rings. The van der Waals surface area contributed by atoms with Crippen molar-refractivity contribution in [1.29, 1.82) is 0 Å². The summed E-state index contributed by atoms with van der Waals surface area (Å²) in [6.07, 6.45) is 2.93. The van der Waals surface area contributed by atoms with Crippen LogP contribution in [0.15, 0.2) is 65.8 Å². The van der Waals surface area contributed by atoms with Crippen LogP contribution in [0.25, 0.3) is 11.1 Å². The third kappa shape index (κ3) is 11.1. The SMILES string of the molecule is COCCN(CCCCNC(=O)NC(CO)C(O)C(O)C(O)CO)S(=O)(=O)c1ccc(Cl)c(COC2(c3cnccc3-c3ccccc3OC3CC3)CC2)c1. The van der Waals surface area contributed by atoms with Gasteiger partial charge in [-0.15, -0.1) is 0 Å². The van der Waals surface area contributed by atoms with Gasteiger partial charge in [-0.2, -0.15) is 4.31 Å². The number of halogens is 1. The van der Waals surface area contributed by atoms with E-state index in [9.17, 15) is 33.6 Å². The number of hydrogen-bond acceptors (Lipinski definition) is 12. The molecule has 15 nitrogen and oxygen atoms in total. The molecule has 2 fully saturated rings. The van der Waals surface area contributed by atoms with Crippen molar-refractivity contribution in [3.63, 3.8) is 0 Å². The molecule has 7 N–H and O–H groups in total. The van der Waals surface area contributed by atoms with Crippen molar-refractivity contribution in [2.75, 3.05) is 46.6 Å². The van der Waals surface area contributed by atoms with Gasteiger partial charge in [0.1, 0.15) is 24.1 Å². The minimum Gasteiger partial charge on any atom is -0.490 e. The maximum Gasteiger partial charge on any atom is 0.315 e. The van der Waals surface area contributed by atoms with Crippen LogP contribution in [0.5, 0.6) is 5.75 Å². The third-order valence-corrected chi connectivity index (χ3v) is 12.0. The molecular formula is C38H51ClN4O11S. The predicted octanol–water partition coefficient (Wildman–Crippen LogP) is 2.30. The summed E-state index contributed by atoms with van der Waals surface area (Å²) in [5, 5.41) is 53.4. The number of nitrogens with zero attached hydrogens (tertiary/aromatic N) is 2. The largest absolute Gasteiger partial charge is 0.490 e. The molecule has 55 heavy (non-hydrogen) atoms. The number of pyridine rings is 1. The minimum absolute atomic E-state index is 0.0456. The van der Waals surface area contributed by atoms with Crippen molar-refractivity contribution in [2.45, 2.75) is 86.1 Å². The molecule has 302 valence electrons. The van der Waals surface area contributed by atoms with Crippen molar-refractivity contribution in [3.8, 4) is 16.9 Å². The van der Waals surface area contributed by atoms with Gasteiger partial charge < -0.3 is 50.4 Å². The lowest BCUT2D eigenvalue weighted by Gasteiger charge is -2.28. The van der Waals surface area contributed by atoms with E-state index in [0.717, 1.165) is 48.1 Å². The van der Waals surface area contributed by atoms with Crippen LogP contribution in [0.2, 0.25) is 5.02 Å². The zero-order valence-electron chi connectivity index (χ0n) is 30.7. The van der Waals surface area contributed by atoms with E-state index in [2.05, 4.69) is 15.6 Å². The number of rotatable bonds is 23. The van der Waals surface area contributed by atoms with Gasteiger partial charge in [0.15, 0.2) is 0 Å². The van der Waals surface area contributed by atoms with Crippen LogP contribution in [-0.2, 0) is 31.7 Å². The van der Waals surface area contributed by atoms with Crippen LogP contribution in [-0.4, -0.2) is 126 Å². The molecule has 0 radical (unpaired) electrons. The molecule has 2 amide bonds. The summed E-state index contributed by atoms with van der Waals surface area (Å²) in [4.78, 5) is 16.8. The average Bonchev–Trinajstić information content (AvgIpc) is 4.14. The number of hydrogen-bond donors (Lipinski definition) is 7. The summed E-state index contributed by atoms with van der Waals surface area (Å²) in [5.74, 6) is 0.816. The van der Waals surface area contributed by atoms with Crippen LogP contribution in [0, 0.1) is 0 Å². The number of methoxy groups -OCH3 is 1. The first kappa shape index (κ1) is 42.7. The Bertz CT molecular complexity index is 1830. The Hall–Kier alpha value is -3.42. The number of aliphatic hydroxyl groups excluding tert-OH is 5. The van der Waals surface area contributed by atoms with E-state index in [1.165, 1.54) is 23.5 Å². The third-order valence-electron chi connectivity index (χ3n) is 9.69. The highest BCUT2D eigenvalue weighted by molar-refractivity contribution is 7.89. The summed E-state index contributed by atoms with van der Waals surface area (Å²) in [5.41, 5.74) is 2.77. The fourth-order valence-electron chi connectivity index (χ4n) is 6.13. The van der Waals surface area contributed by atoms with Crippen LogP contribution >= 0.6 is 11.6 Å². The molecule has 1 aromatic heterocycles. The van der Waals surface area contributed by atoms with Gasteiger partial charge in [0.05, 0.1) is 49.1 Å². The van der Waals surface area contributed by atoms with E-state index in [4.69, 9.17) is 30.9 Å². The molecule has 2 aromatic carbocycles. The maximum atomic E-state index is 14.0. The average molecular weight is 807 g/mol. The standard InChI is InChI=1S/C38H51ClN4O11S/c1-52-19-18-43(17-5-4-15-41-37(49)42-32(22-44)35(47)36(48)33(46)23-45)55(50,51)27-10-11-31(39)25(20-27)24-53-38(13-14-38)30-21-40-16-12-28(30)29-6-2-3-7-34(29)54-26-8-9-26/h2-3,6-7,10-12,16,20-21,26,32-33,35-36,44-48H,4-5,8-9,13-15,17-19,22-24H2,1H3,(H2,41,42,49). The first-order valence-corrected chi connectivity index (χ1v) is 20.2. The topological polar surface area (TPSA) is 220 Å². The van der Waals surface area contributed by atoms with Gasteiger partial charge in [-0.05, 0) is 80.0 Å². The molecule has 17 heteroatoms. The van der Waals surface area contributed by atoms with E-state index >= 15 is 0 Å². The Morgan fingerprint density at radius 1 is 1.02 bits per heavy atom. The fourth-order valence-corrected chi connectivity index (χ4v) is 7.82. The van der Waals surface area contributed by atoms with Gasteiger partial charge in [0.2, 0.25) is 10.0 Å². The zero-order chi connectivity index (χ0) is 39.6. The molecule has 4 unspecified atom stereocenters. The normalized spacial score (nSPS) is 17.3. The Labute approximate surface area is 326 Å².